The summed E-state index contributed by atoms with van der Waals surface area (Å²) in [5.74, 6) is -1.99. The molecule has 0 saturated heterocycles. The Labute approximate surface area is 99.4 Å². The van der Waals surface area contributed by atoms with Crippen molar-refractivity contribution < 1.29 is 14.3 Å². The summed E-state index contributed by atoms with van der Waals surface area (Å²) in [5.41, 5.74) is 1.26. The fourth-order valence-electron chi connectivity index (χ4n) is 1.50. The summed E-state index contributed by atoms with van der Waals surface area (Å²) < 4.78 is 13.5. The molecule has 0 heterocycles. The third-order valence-corrected chi connectivity index (χ3v) is 2.34. The number of allylic oxidation sites excluding steroid dienone is 4. The van der Waals surface area contributed by atoms with E-state index in [0.29, 0.717) is 11.1 Å². The first-order valence-electron chi connectivity index (χ1n) is 5.00. The Kier molecular flexibility index (Phi) is 3.99. The molecule has 0 aliphatic heterocycles. The number of halogens is 1. The van der Waals surface area contributed by atoms with Crippen molar-refractivity contribution >= 4 is 11.5 Å². The molecule has 0 amide bonds. The van der Waals surface area contributed by atoms with E-state index in [9.17, 15) is 9.18 Å². The predicted octanol–water partition coefficient (Wildman–Crippen LogP) is 3.59. The van der Waals surface area contributed by atoms with E-state index in [2.05, 4.69) is 13.2 Å². The maximum Gasteiger partial charge on any atom is 0.338 e. The second-order valence-electron chi connectivity index (χ2n) is 3.52. The summed E-state index contributed by atoms with van der Waals surface area (Å²) in [6, 6.07) is 2.88. The van der Waals surface area contributed by atoms with Gasteiger partial charge in [-0.2, -0.15) is 0 Å². The van der Waals surface area contributed by atoms with Crippen LogP contribution < -0.4 is 0 Å². The lowest BCUT2D eigenvalue weighted by atomic mass is 9.99. The van der Waals surface area contributed by atoms with E-state index in [0.717, 1.165) is 0 Å². The highest BCUT2D eigenvalue weighted by molar-refractivity contribution is 5.90. The number of hydrogen-bond acceptors (Lipinski definition) is 1. The topological polar surface area (TPSA) is 37.3 Å². The first-order chi connectivity index (χ1) is 8.01. The zero-order valence-electron chi connectivity index (χ0n) is 9.53. The lowest BCUT2D eigenvalue weighted by Gasteiger charge is -2.07. The van der Waals surface area contributed by atoms with Crippen LogP contribution >= 0.6 is 0 Å². The average molecular weight is 232 g/mol. The lowest BCUT2D eigenvalue weighted by molar-refractivity contribution is 0.0691. The normalized spacial score (nSPS) is 11.1. The van der Waals surface area contributed by atoms with Gasteiger partial charge in [0.05, 0.1) is 5.56 Å². The molecule has 0 bridgehead atoms. The lowest BCUT2D eigenvalue weighted by Crippen LogP contribution is -2.03. The van der Waals surface area contributed by atoms with E-state index >= 15 is 0 Å². The molecule has 0 unspecified atom stereocenters. The summed E-state index contributed by atoms with van der Waals surface area (Å²) in [6.07, 6.45) is 4.82. The Bertz CT molecular complexity index is 513. The highest BCUT2D eigenvalue weighted by Gasteiger charge is 2.14. The van der Waals surface area contributed by atoms with Crippen LogP contribution in [0.25, 0.3) is 5.57 Å². The number of hydrogen-bond donors (Lipinski definition) is 1. The van der Waals surface area contributed by atoms with E-state index in [4.69, 9.17) is 5.11 Å². The molecule has 0 saturated carbocycles. The number of benzene rings is 1. The number of aryl methyl sites for hydroxylation is 1. The third kappa shape index (κ3) is 2.69. The highest BCUT2D eigenvalue weighted by atomic mass is 19.1. The third-order valence-electron chi connectivity index (χ3n) is 2.34. The molecule has 0 aromatic heterocycles. The molecular formula is C14H13FO2. The van der Waals surface area contributed by atoms with E-state index < -0.39 is 11.8 Å². The molecule has 1 aromatic rings. The number of aromatic carboxylic acids is 1. The average Bonchev–Trinajstić information content (AvgIpc) is 2.29. The molecule has 0 atom stereocenters. The molecule has 1 aromatic carbocycles. The zero-order chi connectivity index (χ0) is 13.0. The Morgan fingerprint density at radius 1 is 1.41 bits per heavy atom. The van der Waals surface area contributed by atoms with Crippen molar-refractivity contribution in [2.45, 2.75) is 6.92 Å². The Morgan fingerprint density at radius 3 is 2.53 bits per heavy atom. The van der Waals surface area contributed by atoms with E-state index in [1.165, 1.54) is 13.0 Å². The summed E-state index contributed by atoms with van der Waals surface area (Å²) in [7, 11) is 0. The second-order valence-corrected chi connectivity index (χ2v) is 3.52. The minimum atomic E-state index is -1.28. The number of carboxylic acids is 1. The van der Waals surface area contributed by atoms with Gasteiger partial charge < -0.3 is 5.11 Å². The molecule has 0 fully saturated rings. The van der Waals surface area contributed by atoms with Crippen LogP contribution in [0.5, 0.6) is 0 Å². The monoisotopic (exact) mass is 232 g/mol. The van der Waals surface area contributed by atoms with Gasteiger partial charge in [0.1, 0.15) is 5.82 Å². The largest absolute Gasteiger partial charge is 0.478 e. The fraction of sp³-hybridized carbons (Fsp3) is 0.0714. The molecular weight excluding hydrogens is 219 g/mol. The fourth-order valence-corrected chi connectivity index (χ4v) is 1.50. The first-order valence-corrected chi connectivity index (χ1v) is 5.00. The molecule has 0 radical (unpaired) electrons. The van der Waals surface area contributed by atoms with Crippen molar-refractivity contribution in [1.29, 1.82) is 0 Å². The van der Waals surface area contributed by atoms with E-state index in [1.807, 2.05) is 0 Å². The molecule has 0 spiro atoms. The van der Waals surface area contributed by atoms with Crippen molar-refractivity contribution in [1.82, 2.24) is 0 Å². The minimum absolute atomic E-state index is 0.289. The standard InChI is InChI=1S/C14H13FO2/c1-4-6-10(5-2)11-7-9(3)13(15)12(8-11)14(16)17/h4-8H,1-2H2,3H3,(H,16,17)/b10-6+. The smallest absolute Gasteiger partial charge is 0.338 e. The van der Waals surface area contributed by atoms with Gasteiger partial charge >= 0.3 is 5.97 Å². The van der Waals surface area contributed by atoms with Gasteiger partial charge in [0.2, 0.25) is 0 Å². The van der Waals surface area contributed by atoms with Crippen LogP contribution in [-0.2, 0) is 0 Å². The molecule has 1 rings (SSSR count). The molecule has 0 aliphatic rings. The van der Waals surface area contributed by atoms with Gasteiger partial charge in [-0.05, 0) is 35.8 Å². The molecule has 88 valence electrons. The van der Waals surface area contributed by atoms with Gasteiger partial charge in [-0.3, -0.25) is 0 Å². The van der Waals surface area contributed by atoms with Gasteiger partial charge in [0.25, 0.3) is 0 Å². The predicted molar refractivity (Wildman–Crippen MR) is 66.5 cm³/mol. The first kappa shape index (κ1) is 12.9. The molecule has 1 N–H and O–H groups in total. The number of rotatable bonds is 4. The summed E-state index contributed by atoms with van der Waals surface area (Å²) in [5, 5.41) is 8.89. The van der Waals surface area contributed by atoms with Gasteiger partial charge in [0.15, 0.2) is 0 Å². The van der Waals surface area contributed by atoms with Crippen LogP contribution in [0.4, 0.5) is 4.39 Å². The van der Waals surface area contributed by atoms with Crippen molar-refractivity contribution in [3.05, 3.63) is 66.0 Å². The van der Waals surface area contributed by atoms with Gasteiger partial charge in [-0.1, -0.05) is 31.4 Å². The Morgan fingerprint density at radius 2 is 2.06 bits per heavy atom. The molecule has 3 heteroatoms. The van der Waals surface area contributed by atoms with Gasteiger partial charge in [0, 0.05) is 0 Å². The van der Waals surface area contributed by atoms with Gasteiger partial charge in [-0.15, -0.1) is 0 Å². The van der Waals surface area contributed by atoms with Crippen LogP contribution in [0.2, 0.25) is 0 Å². The van der Waals surface area contributed by atoms with Crippen molar-refractivity contribution in [3.8, 4) is 0 Å². The second kappa shape index (κ2) is 5.25. The maximum absolute atomic E-state index is 13.5. The highest BCUT2D eigenvalue weighted by Crippen LogP contribution is 2.22. The molecule has 0 aliphatic carbocycles. The van der Waals surface area contributed by atoms with E-state index in [1.54, 1.807) is 24.3 Å². The summed E-state index contributed by atoms with van der Waals surface area (Å²) >= 11 is 0. The number of carbonyl (C=O) groups is 1. The summed E-state index contributed by atoms with van der Waals surface area (Å²) in [4.78, 5) is 10.9. The molecule has 17 heavy (non-hydrogen) atoms. The molecule has 2 nitrogen and oxygen atoms in total. The van der Waals surface area contributed by atoms with Crippen molar-refractivity contribution in [2.24, 2.45) is 0 Å². The van der Waals surface area contributed by atoms with E-state index in [-0.39, 0.29) is 11.1 Å². The van der Waals surface area contributed by atoms with Crippen LogP contribution in [0.3, 0.4) is 0 Å². The maximum atomic E-state index is 13.5. The van der Waals surface area contributed by atoms with Crippen molar-refractivity contribution in [3.63, 3.8) is 0 Å². The van der Waals surface area contributed by atoms with Crippen LogP contribution in [-0.4, -0.2) is 11.1 Å². The minimum Gasteiger partial charge on any atom is -0.478 e. The quantitative estimate of drug-likeness (QED) is 0.805. The Hall–Kier alpha value is -2.16. The SMILES string of the molecule is C=C/C=C(\C=C)c1cc(C)c(F)c(C(=O)O)c1. The van der Waals surface area contributed by atoms with Crippen LogP contribution in [0.15, 0.2) is 43.5 Å². The Balaban J connectivity index is 3.47. The van der Waals surface area contributed by atoms with Crippen LogP contribution in [0.1, 0.15) is 21.5 Å². The number of carboxylic acid groups (broad SMARTS) is 1. The summed E-state index contributed by atoms with van der Waals surface area (Å²) in [6.45, 7) is 8.71. The van der Waals surface area contributed by atoms with Crippen LogP contribution in [0, 0.1) is 12.7 Å². The van der Waals surface area contributed by atoms with Crippen molar-refractivity contribution in [2.75, 3.05) is 0 Å². The van der Waals surface area contributed by atoms with Gasteiger partial charge in [-0.25, -0.2) is 9.18 Å². The zero-order valence-corrected chi connectivity index (χ0v) is 9.53.